The first kappa shape index (κ1) is 20.7. The van der Waals surface area contributed by atoms with Crippen molar-refractivity contribution in [2.75, 3.05) is 12.1 Å². The van der Waals surface area contributed by atoms with Crippen LogP contribution in [0.3, 0.4) is 0 Å². The summed E-state index contributed by atoms with van der Waals surface area (Å²) in [5.41, 5.74) is 2.29. The van der Waals surface area contributed by atoms with E-state index in [2.05, 4.69) is 15.3 Å². The van der Waals surface area contributed by atoms with Crippen LogP contribution >= 0.6 is 34.3 Å². The van der Waals surface area contributed by atoms with Crippen LogP contribution in [0, 0.1) is 6.92 Å². The number of carbonyl (C=O) groups excluding carboxylic acids is 1. The molecule has 0 fully saturated rings. The van der Waals surface area contributed by atoms with Crippen LogP contribution in [-0.2, 0) is 6.61 Å². The average molecular weight is 486 g/mol. The number of hydrogen-bond donors (Lipinski definition) is 1. The summed E-state index contributed by atoms with van der Waals surface area (Å²) in [6, 6.07) is 12.7. The van der Waals surface area contributed by atoms with Crippen LogP contribution in [0.1, 0.15) is 20.4 Å². The van der Waals surface area contributed by atoms with Crippen molar-refractivity contribution in [1.29, 1.82) is 0 Å². The maximum absolute atomic E-state index is 12.8. The number of amides is 1. The van der Waals surface area contributed by atoms with Crippen LogP contribution in [0.4, 0.5) is 5.13 Å². The molecule has 0 saturated carbocycles. The number of aryl methyl sites for hydroxylation is 1. The van der Waals surface area contributed by atoms with Gasteiger partial charge in [0.1, 0.15) is 22.2 Å². The summed E-state index contributed by atoms with van der Waals surface area (Å²) in [5.74, 6) is 1.85. The van der Waals surface area contributed by atoms with Gasteiger partial charge in [0.25, 0.3) is 5.91 Å². The summed E-state index contributed by atoms with van der Waals surface area (Å²) in [7, 11) is 0. The van der Waals surface area contributed by atoms with Crippen molar-refractivity contribution >= 4 is 45.3 Å². The molecule has 2 aromatic carbocycles. The number of anilines is 1. The molecular formula is C22H16ClN3O4S2. The molecule has 1 aliphatic heterocycles. The lowest BCUT2D eigenvalue weighted by molar-refractivity contribution is 0.103. The Kier molecular flexibility index (Phi) is 5.69. The van der Waals surface area contributed by atoms with E-state index >= 15 is 0 Å². The van der Waals surface area contributed by atoms with Crippen LogP contribution in [0.2, 0.25) is 5.02 Å². The van der Waals surface area contributed by atoms with Gasteiger partial charge in [0.2, 0.25) is 6.79 Å². The molecule has 0 atom stereocenters. The maximum Gasteiger partial charge on any atom is 0.269 e. The lowest BCUT2D eigenvalue weighted by Gasteiger charge is -2.03. The smallest absolute Gasteiger partial charge is 0.269 e. The van der Waals surface area contributed by atoms with Gasteiger partial charge in [-0.2, -0.15) is 0 Å². The van der Waals surface area contributed by atoms with E-state index in [-0.39, 0.29) is 19.3 Å². The topological polar surface area (TPSA) is 82.6 Å². The highest BCUT2D eigenvalue weighted by atomic mass is 35.5. The molecule has 0 bridgehead atoms. The predicted octanol–water partition coefficient (Wildman–Crippen LogP) is 5.79. The van der Waals surface area contributed by atoms with Crippen LogP contribution in [0.5, 0.6) is 17.2 Å². The lowest BCUT2D eigenvalue weighted by atomic mass is 10.1. The zero-order valence-corrected chi connectivity index (χ0v) is 19.1. The Balaban J connectivity index is 1.25. The molecule has 3 heterocycles. The second-order valence-corrected chi connectivity index (χ2v) is 9.20. The number of thiazole rings is 2. The van der Waals surface area contributed by atoms with Gasteiger partial charge in [-0.05, 0) is 49.4 Å². The highest BCUT2D eigenvalue weighted by molar-refractivity contribution is 7.15. The summed E-state index contributed by atoms with van der Waals surface area (Å²) in [5, 5.41) is 6.61. The first-order valence-electron chi connectivity index (χ1n) is 9.57. The number of carbonyl (C=O) groups is 1. The quantitative estimate of drug-likeness (QED) is 0.372. The molecule has 0 spiro atoms. The zero-order valence-electron chi connectivity index (χ0n) is 16.8. The Morgan fingerprint density at radius 1 is 1.16 bits per heavy atom. The Bertz CT molecular complexity index is 1290. The van der Waals surface area contributed by atoms with Gasteiger partial charge in [-0.25, -0.2) is 9.97 Å². The monoisotopic (exact) mass is 485 g/mol. The first-order chi connectivity index (χ1) is 15.5. The molecule has 2 aromatic heterocycles. The van der Waals surface area contributed by atoms with Crippen molar-refractivity contribution in [3.05, 3.63) is 68.4 Å². The van der Waals surface area contributed by atoms with E-state index in [1.54, 1.807) is 31.2 Å². The van der Waals surface area contributed by atoms with Gasteiger partial charge in [-0.15, -0.1) is 22.7 Å². The SMILES string of the molecule is Cc1nc(COc2ccc(Cl)cc2)sc1C(=O)Nc1nc(-c2ccc3c(c2)OCO3)cs1. The fourth-order valence-corrected chi connectivity index (χ4v) is 4.79. The molecule has 1 amide bonds. The number of fused-ring (bicyclic) bond motifs is 1. The van der Waals surface area contributed by atoms with Crippen molar-refractivity contribution in [2.24, 2.45) is 0 Å². The largest absolute Gasteiger partial charge is 0.486 e. The second kappa shape index (κ2) is 8.78. The van der Waals surface area contributed by atoms with Gasteiger partial charge in [0, 0.05) is 16.0 Å². The van der Waals surface area contributed by atoms with Gasteiger partial charge < -0.3 is 14.2 Å². The minimum atomic E-state index is -0.246. The number of hydrogen-bond acceptors (Lipinski definition) is 8. The summed E-state index contributed by atoms with van der Waals surface area (Å²) in [6.45, 7) is 2.29. The van der Waals surface area contributed by atoms with Crippen LogP contribution in [0.25, 0.3) is 11.3 Å². The molecule has 5 rings (SSSR count). The number of benzene rings is 2. The number of ether oxygens (including phenoxy) is 3. The minimum Gasteiger partial charge on any atom is -0.486 e. The third kappa shape index (κ3) is 4.40. The summed E-state index contributed by atoms with van der Waals surface area (Å²) < 4.78 is 16.5. The molecule has 0 unspecified atom stereocenters. The Labute approximate surface area is 196 Å². The average Bonchev–Trinajstić information content (AvgIpc) is 3.52. The molecule has 32 heavy (non-hydrogen) atoms. The van der Waals surface area contributed by atoms with Crippen molar-refractivity contribution in [3.8, 4) is 28.5 Å². The number of rotatable bonds is 6. The standard InChI is InChI=1S/C22H16ClN3O4S2/c1-12-20(32-19(24-12)9-28-15-5-3-14(23)4-6-15)21(27)26-22-25-16(10-31-22)13-2-7-17-18(8-13)30-11-29-17/h2-8,10H,9,11H2,1H3,(H,25,26,27). The fourth-order valence-electron chi connectivity index (χ4n) is 3.07. The molecule has 0 radical (unpaired) electrons. The molecule has 162 valence electrons. The van der Waals surface area contributed by atoms with Crippen LogP contribution in [-0.4, -0.2) is 22.7 Å². The van der Waals surface area contributed by atoms with E-state index in [1.165, 1.54) is 22.7 Å². The highest BCUT2D eigenvalue weighted by Gasteiger charge is 2.19. The third-order valence-electron chi connectivity index (χ3n) is 4.62. The molecule has 4 aromatic rings. The molecule has 1 aliphatic rings. The van der Waals surface area contributed by atoms with Gasteiger partial charge in [-0.3, -0.25) is 10.1 Å². The Morgan fingerprint density at radius 3 is 2.81 bits per heavy atom. The van der Waals surface area contributed by atoms with E-state index in [9.17, 15) is 4.79 Å². The number of halogens is 1. The van der Waals surface area contributed by atoms with E-state index in [1.807, 2.05) is 23.6 Å². The van der Waals surface area contributed by atoms with Crippen LogP contribution < -0.4 is 19.5 Å². The molecule has 7 nitrogen and oxygen atoms in total. The van der Waals surface area contributed by atoms with Crippen molar-refractivity contribution in [3.63, 3.8) is 0 Å². The minimum absolute atomic E-state index is 0.220. The zero-order chi connectivity index (χ0) is 22.1. The van der Waals surface area contributed by atoms with Crippen molar-refractivity contribution < 1.29 is 19.0 Å². The second-order valence-electron chi connectivity index (χ2n) is 6.82. The predicted molar refractivity (Wildman–Crippen MR) is 124 cm³/mol. The normalized spacial score (nSPS) is 12.1. The van der Waals surface area contributed by atoms with Gasteiger partial charge in [-0.1, -0.05) is 11.6 Å². The lowest BCUT2D eigenvalue weighted by Crippen LogP contribution is -2.11. The van der Waals surface area contributed by atoms with E-state index in [0.29, 0.717) is 43.0 Å². The van der Waals surface area contributed by atoms with Crippen molar-refractivity contribution in [2.45, 2.75) is 13.5 Å². The molecule has 1 N–H and O–H groups in total. The Hall–Kier alpha value is -3.14. The summed E-state index contributed by atoms with van der Waals surface area (Å²) in [6.07, 6.45) is 0. The highest BCUT2D eigenvalue weighted by Crippen LogP contribution is 2.36. The van der Waals surface area contributed by atoms with Crippen molar-refractivity contribution in [1.82, 2.24) is 9.97 Å². The molecule has 0 aliphatic carbocycles. The molecule has 0 saturated heterocycles. The van der Waals surface area contributed by atoms with Crippen LogP contribution in [0.15, 0.2) is 47.8 Å². The summed E-state index contributed by atoms with van der Waals surface area (Å²) >= 11 is 8.54. The number of nitrogens with zero attached hydrogens (tertiary/aromatic N) is 2. The first-order valence-corrected chi connectivity index (χ1v) is 11.6. The maximum atomic E-state index is 12.8. The van der Waals surface area contributed by atoms with Gasteiger partial charge in [0.15, 0.2) is 16.6 Å². The molecule has 10 heteroatoms. The van der Waals surface area contributed by atoms with E-state index in [0.717, 1.165) is 11.3 Å². The fraction of sp³-hybridized carbons (Fsp3) is 0.136. The van der Waals surface area contributed by atoms with Gasteiger partial charge >= 0.3 is 0 Å². The molecular weight excluding hydrogens is 470 g/mol. The number of aromatic nitrogens is 2. The third-order valence-corrected chi connectivity index (χ3v) is 6.76. The number of nitrogens with one attached hydrogen (secondary N) is 1. The van der Waals surface area contributed by atoms with E-state index < -0.39 is 0 Å². The Morgan fingerprint density at radius 2 is 1.97 bits per heavy atom. The van der Waals surface area contributed by atoms with Gasteiger partial charge in [0.05, 0.1) is 11.4 Å². The van der Waals surface area contributed by atoms with E-state index in [4.69, 9.17) is 25.8 Å². The summed E-state index contributed by atoms with van der Waals surface area (Å²) in [4.78, 5) is 22.3.